The summed E-state index contributed by atoms with van der Waals surface area (Å²) in [5.74, 6) is -0.969. The molecule has 6 rings (SSSR count). The molecule has 0 saturated carbocycles. The van der Waals surface area contributed by atoms with Crippen molar-refractivity contribution < 1.29 is 37.7 Å². The van der Waals surface area contributed by atoms with Crippen molar-refractivity contribution in [2.45, 2.75) is 51.3 Å². The quantitative estimate of drug-likeness (QED) is 0.255. The van der Waals surface area contributed by atoms with E-state index in [1.165, 1.54) is 30.9 Å². The number of benzene rings is 2. The summed E-state index contributed by atoms with van der Waals surface area (Å²) in [7, 11) is 0. The lowest BCUT2D eigenvalue weighted by atomic mass is 10.1. The molecule has 0 aliphatic carbocycles. The summed E-state index contributed by atoms with van der Waals surface area (Å²) >= 11 is 0. The largest absolute Gasteiger partial charge is 0.462 e. The van der Waals surface area contributed by atoms with Crippen LogP contribution in [0.5, 0.6) is 0 Å². The fourth-order valence-electron chi connectivity index (χ4n) is 5.28. The Hall–Kier alpha value is -4.50. The average Bonchev–Trinajstić information content (AvgIpc) is 3.74. The molecular weight excluding hydrogens is 575 g/mol. The van der Waals surface area contributed by atoms with Crippen LogP contribution in [0.1, 0.15) is 47.9 Å². The second-order valence-corrected chi connectivity index (χ2v) is 10.0. The summed E-state index contributed by atoms with van der Waals surface area (Å²) < 4.78 is 46.6. The third kappa shape index (κ3) is 5.84. The first-order valence-electron chi connectivity index (χ1n) is 14.2. The van der Waals surface area contributed by atoms with E-state index in [2.05, 4.69) is 25.6 Å². The molecule has 230 valence electrons. The fraction of sp³-hybridized carbons (Fsp3) is 0.367. The first-order valence-corrected chi connectivity index (χ1v) is 14.2. The number of ether oxygens (including phenoxy) is 5. The molecule has 13 nitrogen and oxygen atoms in total. The zero-order chi connectivity index (χ0) is 30.6. The number of carbonyl (C=O) groups is 2. The SMILES string of the molecule is CCNC(=O)Nc1ncnc2c1ncn2C1OC(COCc2c(F)cccc2C(=O)OCC)C2O[C@@H](c3ccccc3)OC21. The number of halogens is 1. The van der Waals surface area contributed by atoms with E-state index < -0.39 is 48.6 Å². The van der Waals surface area contributed by atoms with Gasteiger partial charge in [0.15, 0.2) is 29.5 Å². The predicted molar refractivity (Wildman–Crippen MR) is 153 cm³/mol. The molecule has 2 fully saturated rings. The Labute approximate surface area is 251 Å². The highest BCUT2D eigenvalue weighted by atomic mass is 19.1. The minimum Gasteiger partial charge on any atom is -0.462 e. The highest BCUT2D eigenvalue weighted by Gasteiger charge is 2.54. The normalized spacial score (nSPS) is 22.6. The van der Waals surface area contributed by atoms with Gasteiger partial charge in [-0.25, -0.2) is 28.9 Å². The monoisotopic (exact) mass is 606 g/mol. The van der Waals surface area contributed by atoms with Crippen molar-refractivity contribution in [2.75, 3.05) is 25.1 Å². The zero-order valence-corrected chi connectivity index (χ0v) is 24.0. The topological polar surface area (TPSA) is 148 Å². The molecule has 0 bridgehead atoms. The van der Waals surface area contributed by atoms with Crippen LogP contribution in [-0.4, -0.2) is 69.6 Å². The Bertz CT molecular complexity index is 1640. The smallest absolute Gasteiger partial charge is 0.338 e. The van der Waals surface area contributed by atoms with Crippen LogP contribution in [0.4, 0.5) is 15.0 Å². The van der Waals surface area contributed by atoms with Crippen LogP contribution in [-0.2, 0) is 30.3 Å². The van der Waals surface area contributed by atoms with Crippen LogP contribution in [0, 0.1) is 5.82 Å². The molecule has 44 heavy (non-hydrogen) atoms. The van der Waals surface area contributed by atoms with E-state index in [1.54, 1.807) is 18.4 Å². The minimum atomic E-state index is -0.733. The number of nitrogens with one attached hydrogen (secondary N) is 2. The lowest BCUT2D eigenvalue weighted by Gasteiger charge is -2.21. The second kappa shape index (κ2) is 13.0. The molecule has 2 saturated heterocycles. The third-order valence-corrected chi connectivity index (χ3v) is 7.26. The average molecular weight is 607 g/mol. The van der Waals surface area contributed by atoms with Gasteiger partial charge in [-0.3, -0.25) is 9.88 Å². The summed E-state index contributed by atoms with van der Waals surface area (Å²) in [5, 5.41) is 5.34. The fourth-order valence-corrected chi connectivity index (χ4v) is 5.28. The van der Waals surface area contributed by atoms with Gasteiger partial charge < -0.3 is 29.0 Å². The van der Waals surface area contributed by atoms with Gasteiger partial charge in [0.2, 0.25) is 0 Å². The lowest BCUT2D eigenvalue weighted by Crippen LogP contribution is -2.31. The highest BCUT2D eigenvalue weighted by molar-refractivity contribution is 5.95. The number of nitrogens with zero attached hydrogens (tertiary/aromatic N) is 4. The van der Waals surface area contributed by atoms with Gasteiger partial charge in [-0.05, 0) is 26.0 Å². The molecule has 4 aromatic rings. The maximum absolute atomic E-state index is 14.7. The van der Waals surface area contributed by atoms with Crippen LogP contribution < -0.4 is 10.6 Å². The molecule has 4 unspecified atom stereocenters. The first-order chi connectivity index (χ1) is 21.5. The number of fused-ring (bicyclic) bond motifs is 2. The predicted octanol–water partition coefficient (Wildman–Crippen LogP) is 3.88. The van der Waals surface area contributed by atoms with E-state index in [9.17, 15) is 14.0 Å². The number of aromatic nitrogens is 4. The van der Waals surface area contributed by atoms with E-state index in [0.717, 1.165) is 5.56 Å². The second-order valence-electron chi connectivity index (χ2n) is 10.0. The third-order valence-electron chi connectivity index (χ3n) is 7.26. The van der Waals surface area contributed by atoms with Gasteiger partial charge in [0.05, 0.1) is 31.7 Å². The number of rotatable bonds is 10. The molecular formula is C30H31FN6O7. The minimum absolute atomic E-state index is 0.00471. The van der Waals surface area contributed by atoms with Gasteiger partial charge in [-0.1, -0.05) is 36.4 Å². The number of anilines is 1. The molecule has 5 atom stereocenters. The van der Waals surface area contributed by atoms with Crippen molar-refractivity contribution in [3.63, 3.8) is 0 Å². The number of hydrogen-bond donors (Lipinski definition) is 2. The molecule has 2 aromatic carbocycles. The summed E-state index contributed by atoms with van der Waals surface area (Å²) in [4.78, 5) is 37.6. The highest BCUT2D eigenvalue weighted by Crippen LogP contribution is 2.45. The number of urea groups is 1. The van der Waals surface area contributed by atoms with Crippen LogP contribution in [0.2, 0.25) is 0 Å². The van der Waals surface area contributed by atoms with Crippen LogP contribution >= 0.6 is 0 Å². The Balaban J connectivity index is 1.25. The Morgan fingerprint density at radius 3 is 2.61 bits per heavy atom. The Morgan fingerprint density at radius 2 is 1.82 bits per heavy atom. The van der Waals surface area contributed by atoms with Crippen molar-refractivity contribution in [3.05, 3.63) is 83.7 Å². The van der Waals surface area contributed by atoms with Crippen molar-refractivity contribution in [1.82, 2.24) is 24.8 Å². The molecule has 2 aromatic heterocycles. The molecule has 2 aliphatic heterocycles. The van der Waals surface area contributed by atoms with Gasteiger partial charge in [0, 0.05) is 17.7 Å². The number of carbonyl (C=O) groups excluding carboxylic acids is 2. The molecule has 2 amide bonds. The van der Waals surface area contributed by atoms with Crippen molar-refractivity contribution in [1.29, 1.82) is 0 Å². The number of imidazole rings is 1. The lowest BCUT2D eigenvalue weighted by molar-refractivity contribution is -0.158. The van der Waals surface area contributed by atoms with Gasteiger partial charge in [-0.15, -0.1) is 0 Å². The summed E-state index contributed by atoms with van der Waals surface area (Å²) in [5.41, 5.74) is 1.79. The van der Waals surface area contributed by atoms with Crippen molar-refractivity contribution in [2.24, 2.45) is 0 Å². The van der Waals surface area contributed by atoms with E-state index in [-0.39, 0.29) is 36.8 Å². The number of amides is 2. The molecule has 4 heterocycles. The van der Waals surface area contributed by atoms with E-state index >= 15 is 0 Å². The summed E-state index contributed by atoms with van der Waals surface area (Å²) in [6.07, 6.45) is -0.332. The van der Waals surface area contributed by atoms with Crippen LogP contribution in [0.3, 0.4) is 0 Å². The first kappa shape index (κ1) is 29.6. The molecule has 2 aliphatic rings. The maximum atomic E-state index is 14.7. The van der Waals surface area contributed by atoms with E-state index in [4.69, 9.17) is 23.7 Å². The number of hydrogen-bond acceptors (Lipinski definition) is 10. The maximum Gasteiger partial charge on any atom is 0.338 e. The summed E-state index contributed by atoms with van der Waals surface area (Å²) in [6.45, 7) is 3.90. The van der Waals surface area contributed by atoms with Crippen LogP contribution in [0.15, 0.2) is 61.2 Å². The molecule has 14 heteroatoms. The Morgan fingerprint density at radius 1 is 1.00 bits per heavy atom. The zero-order valence-electron chi connectivity index (χ0n) is 24.0. The molecule has 0 spiro atoms. The standard InChI is InChI=1S/C30H31FN6O7/c1-3-32-30(39)36-25-22-26(34-15-33-25)37(16-35-22)27-24-23(43-29(44-24)17-9-6-5-7-10-17)21(42-27)14-40-13-19-18(28(38)41-4-2)11-8-12-20(19)31/h5-12,15-16,21,23-24,27,29H,3-4,13-14H2,1-2H3,(H2,32,33,34,36,39)/t21?,23?,24?,27?,29-/m1/s1. The van der Waals surface area contributed by atoms with Gasteiger partial charge in [0.25, 0.3) is 0 Å². The van der Waals surface area contributed by atoms with Crippen LogP contribution in [0.25, 0.3) is 11.2 Å². The van der Waals surface area contributed by atoms with E-state index in [1.807, 2.05) is 30.3 Å². The molecule has 2 N–H and O–H groups in total. The Kier molecular flexibility index (Phi) is 8.74. The van der Waals surface area contributed by atoms with Crippen molar-refractivity contribution in [3.8, 4) is 0 Å². The van der Waals surface area contributed by atoms with Gasteiger partial charge in [0.1, 0.15) is 30.5 Å². The number of esters is 1. The van der Waals surface area contributed by atoms with Gasteiger partial charge >= 0.3 is 12.0 Å². The molecule has 0 radical (unpaired) electrons. The van der Waals surface area contributed by atoms with Gasteiger partial charge in [-0.2, -0.15) is 0 Å². The van der Waals surface area contributed by atoms with E-state index in [0.29, 0.717) is 17.7 Å². The van der Waals surface area contributed by atoms with Crippen molar-refractivity contribution >= 4 is 29.0 Å². The summed E-state index contributed by atoms with van der Waals surface area (Å²) in [6, 6.07) is 13.3.